The van der Waals surface area contributed by atoms with E-state index in [0.717, 1.165) is 44.9 Å². The molecule has 0 radical (unpaired) electrons. The lowest BCUT2D eigenvalue weighted by Gasteiger charge is -2.34. The molecule has 0 spiro atoms. The quantitative estimate of drug-likeness (QED) is 0.218. The zero-order valence-corrected chi connectivity index (χ0v) is 26.6. The molecule has 0 aliphatic heterocycles. The maximum atomic E-state index is 2.58. The van der Waals surface area contributed by atoms with E-state index in [9.17, 15) is 0 Å². The van der Waals surface area contributed by atoms with Crippen LogP contribution in [0.3, 0.4) is 0 Å². The van der Waals surface area contributed by atoms with Crippen molar-refractivity contribution in [1.29, 1.82) is 0 Å². The minimum absolute atomic E-state index is 0.0910. The summed E-state index contributed by atoms with van der Waals surface area (Å²) < 4.78 is 0. The lowest BCUT2D eigenvalue weighted by molar-refractivity contribution is 0.586. The van der Waals surface area contributed by atoms with Gasteiger partial charge in [0.2, 0.25) is 0 Å². The van der Waals surface area contributed by atoms with Gasteiger partial charge in [0.15, 0.2) is 0 Å². The van der Waals surface area contributed by atoms with Gasteiger partial charge in [-0.3, -0.25) is 0 Å². The van der Waals surface area contributed by atoms with Crippen molar-refractivity contribution in [3.05, 3.63) is 127 Å². The largest absolute Gasteiger partial charge is 0.0617 e. The molecule has 3 aliphatic rings. The van der Waals surface area contributed by atoms with E-state index >= 15 is 0 Å². The Morgan fingerprint density at radius 1 is 0.476 bits per heavy atom. The van der Waals surface area contributed by atoms with Gasteiger partial charge < -0.3 is 0 Å². The lowest BCUT2D eigenvalue weighted by Crippen LogP contribution is -2.21. The minimum atomic E-state index is 0.0910. The topological polar surface area (TPSA) is 0 Å². The van der Waals surface area contributed by atoms with Crippen LogP contribution < -0.4 is 0 Å². The summed E-state index contributed by atoms with van der Waals surface area (Å²) in [6.07, 6.45) is 14.0. The monoisotopic (exact) mass is 550 g/mol. The average molecular weight is 551 g/mol. The van der Waals surface area contributed by atoms with E-state index < -0.39 is 0 Å². The van der Waals surface area contributed by atoms with Crippen molar-refractivity contribution < 1.29 is 0 Å². The van der Waals surface area contributed by atoms with Crippen molar-refractivity contribution in [3.63, 3.8) is 0 Å². The molecule has 0 atom stereocenters. The first kappa shape index (κ1) is 27.5. The van der Waals surface area contributed by atoms with Crippen LogP contribution in [-0.4, -0.2) is 0 Å². The molecule has 0 aromatic heterocycles. The van der Waals surface area contributed by atoms with Crippen LogP contribution >= 0.6 is 0 Å². The average Bonchev–Trinajstić information content (AvgIpc) is 2.95. The second kappa shape index (κ2) is 10.1. The Balaban J connectivity index is 1.41. The van der Waals surface area contributed by atoms with Crippen LogP contribution in [0, 0.1) is 0 Å². The number of hydrogen-bond donors (Lipinski definition) is 0. The predicted molar refractivity (Wildman–Crippen MR) is 181 cm³/mol. The molecule has 4 aromatic rings. The second-order valence-electron chi connectivity index (χ2n) is 15.2. The molecule has 214 valence electrons. The van der Waals surface area contributed by atoms with Gasteiger partial charge in [0.25, 0.3) is 0 Å². The molecule has 0 amide bonds. The summed E-state index contributed by atoms with van der Waals surface area (Å²) in [5.74, 6) is 0. The molecule has 0 heteroatoms. The zero-order chi connectivity index (χ0) is 29.2. The van der Waals surface area contributed by atoms with Gasteiger partial charge in [-0.25, -0.2) is 0 Å². The van der Waals surface area contributed by atoms with E-state index in [1.165, 1.54) is 50.9 Å². The number of hydrogen-bond acceptors (Lipinski definition) is 0. The number of rotatable bonds is 2. The molecule has 0 saturated carbocycles. The summed E-state index contributed by atoms with van der Waals surface area (Å²) in [6.45, 7) is 14.3. The fourth-order valence-electron chi connectivity index (χ4n) is 7.82. The Morgan fingerprint density at radius 2 is 1.02 bits per heavy atom. The van der Waals surface area contributed by atoms with Gasteiger partial charge in [0, 0.05) is 0 Å². The van der Waals surface area contributed by atoms with E-state index in [0.29, 0.717) is 0 Å². The molecule has 0 unspecified atom stereocenters. The fraction of sp³-hybridized carbons (Fsp3) is 0.381. The summed E-state index contributed by atoms with van der Waals surface area (Å²) in [5.41, 5.74) is 21.5. The van der Waals surface area contributed by atoms with Crippen LogP contribution in [0.4, 0.5) is 0 Å². The Bertz CT molecular complexity index is 1670. The fourth-order valence-corrected chi connectivity index (χ4v) is 7.82. The van der Waals surface area contributed by atoms with E-state index in [2.05, 4.69) is 114 Å². The Labute approximate surface area is 253 Å². The van der Waals surface area contributed by atoms with Crippen molar-refractivity contribution in [1.82, 2.24) is 0 Å². The molecular weight excluding hydrogens is 504 g/mol. The molecule has 0 heterocycles. The molecule has 3 aliphatic carbocycles. The molecule has 0 nitrogen and oxygen atoms in total. The molecule has 0 N–H and O–H groups in total. The van der Waals surface area contributed by atoms with Crippen LogP contribution in [0.15, 0.2) is 60.7 Å². The zero-order valence-electron chi connectivity index (χ0n) is 26.6. The van der Waals surface area contributed by atoms with Gasteiger partial charge in [0.05, 0.1) is 0 Å². The summed E-state index contributed by atoms with van der Waals surface area (Å²) in [5, 5.41) is 0. The van der Waals surface area contributed by atoms with Crippen molar-refractivity contribution >= 4 is 12.2 Å². The van der Waals surface area contributed by atoms with Crippen molar-refractivity contribution in [2.75, 3.05) is 0 Å². The van der Waals surface area contributed by atoms with Crippen LogP contribution in [0.1, 0.15) is 108 Å². The van der Waals surface area contributed by atoms with Crippen molar-refractivity contribution in [3.8, 4) is 11.1 Å². The normalized spacial score (nSPS) is 16.0. The SMILES string of the molecule is CC(C)(C)c1cc2c(/C=C/c3c(C(C)(C)C)cc4c5c3CCc3cccc(c3-5)CC4)c(c1)CCc1cccc(c1)CC2. The number of aryl methyl sites for hydroxylation is 7. The summed E-state index contributed by atoms with van der Waals surface area (Å²) in [4.78, 5) is 0. The molecule has 4 bridgehead atoms. The standard InChI is InChI=1S/C42H46/c1-41(2,3)34-24-31-15-13-27-9-7-10-28(23-27)14-16-32(25-34)35(31)21-22-36-37-20-19-30-12-8-11-29-17-18-33(40(37)39(29)30)26-38(36)42(4,5)6/h7-12,21-26H,13-20H2,1-6H3/b22-21+. The second-order valence-corrected chi connectivity index (χ2v) is 15.2. The lowest BCUT2D eigenvalue weighted by atomic mass is 9.70. The Hall–Kier alpha value is -3.38. The van der Waals surface area contributed by atoms with E-state index in [1.54, 1.807) is 33.4 Å². The smallest absolute Gasteiger partial charge is 0.0108 e. The molecule has 42 heavy (non-hydrogen) atoms. The highest BCUT2D eigenvalue weighted by Gasteiger charge is 2.31. The van der Waals surface area contributed by atoms with Crippen molar-refractivity contribution in [2.24, 2.45) is 0 Å². The van der Waals surface area contributed by atoms with Crippen molar-refractivity contribution in [2.45, 2.75) is 104 Å². The first-order chi connectivity index (χ1) is 20.1. The van der Waals surface area contributed by atoms with Crippen LogP contribution in [0.2, 0.25) is 0 Å². The molecule has 0 fully saturated rings. The third-order valence-corrected chi connectivity index (χ3v) is 10.2. The van der Waals surface area contributed by atoms with Crippen LogP contribution in [0.5, 0.6) is 0 Å². The molecule has 7 rings (SSSR count). The molecule has 0 saturated heterocycles. The number of benzene rings is 4. The van der Waals surface area contributed by atoms with Crippen LogP contribution in [-0.2, 0) is 62.2 Å². The van der Waals surface area contributed by atoms with E-state index in [-0.39, 0.29) is 10.8 Å². The first-order valence-corrected chi connectivity index (χ1v) is 16.3. The number of fused-ring (bicyclic) bond motifs is 4. The third kappa shape index (κ3) is 4.88. The summed E-state index contributed by atoms with van der Waals surface area (Å²) >= 11 is 0. The summed E-state index contributed by atoms with van der Waals surface area (Å²) in [7, 11) is 0. The maximum absolute atomic E-state index is 2.58. The minimum Gasteiger partial charge on any atom is -0.0617 e. The Morgan fingerprint density at radius 3 is 1.64 bits per heavy atom. The predicted octanol–water partition coefficient (Wildman–Crippen LogP) is 10.2. The van der Waals surface area contributed by atoms with Gasteiger partial charge >= 0.3 is 0 Å². The van der Waals surface area contributed by atoms with Gasteiger partial charge in [0.1, 0.15) is 0 Å². The molecule has 4 aromatic carbocycles. The Kier molecular flexibility index (Phi) is 6.61. The summed E-state index contributed by atoms with van der Waals surface area (Å²) in [6, 6.07) is 24.0. The van der Waals surface area contributed by atoms with Gasteiger partial charge in [-0.1, -0.05) is 114 Å². The van der Waals surface area contributed by atoms with E-state index in [4.69, 9.17) is 0 Å². The van der Waals surface area contributed by atoms with Crippen LogP contribution in [0.25, 0.3) is 23.3 Å². The van der Waals surface area contributed by atoms with Gasteiger partial charge in [-0.2, -0.15) is 0 Å². The maximum Gasteiger partial charge on any atom is -0.0108 e. The van der Waals surface area contributed by atoms with Gasteiger partial charge in [-0.15, -0.1) is 0 Å². The van der Waals surface area contributed by atoms with Gasteiger partial charge in [-0.05, 0) is 140 Å². The molecular formula is C42H46. The van der Waals surface area contributed by atoms with E-state index in [1.807, 2.05) is 0 Å². The first-order valence-electron chi connectivity index (χ1n) is 16.3. The highest BCUT2D eigenvalue weighted by molar-refractivity contribution is 5.87. The third-order valence-electron chi connectivity index (χ3n) is 10.2. The highest BCUT2D eigenvalue weighted by Crippen LogP contribution is 2.47. The highest BCUT2D eigenvalue weighted by atomic mass is 14.3.